The first-order chi connectivity index (χ1) is 9.13. The Bertz CT molecular complexity index is 370. The molecule has 0 saturated carbocycles. The third kappa shape index (κ3) is 5.54. The predicted molar refractivity (Wildman–Crippen MR) is 87.7 cm³/mol. The maximum Gasteiger partial charge on any atom is 0.0328 e. The van der Waals surface area contributed by atoms with Gasteiger partial charge in [-0.15, -0.1) is 11.3 Å². The Labute approximate surface area is 129 Å². The number of hydrogen-bond donors (Lipinski definition) is 1. The maximum atomic E-state index is 3.60. The number of rotatable bonds is 6. The summed E-state index contributed by atoms with van der Waals surface area (Å²) in [6, 6.07) is 2.25. The highest BCUT2D eigenvalue weighted by atomic mass is 79.9. The van der Waals surface area contributed by atoms with Gasteiger partial charge in [0, 0.05) is 21.3 Å². The minimum atomic E-state index is 0.761. The molecule has 1 saturated heterocycles. The fourth-order valence-corrected chi connectivity index (χ4v) is 4.07. The van der Waals surface area contributed by atoms with Gasteiger partial charge in [0.25, 0.3) is 0 Å². The van der Waals surface area contributed by atoms with Crippen molar-refractivity contribution in [2.45, 2.75) is 33.2 Å². The number of likely N-dealkylation sites (tertiary alicyclic amines) is 1. The molecule has 1 aliphatic heterocycles. The zero-order valence-corrected chi connectivity index (χ0v) is 14.4. The summed E-state index contributed by atoms with van der Waals surface area (Å²) in [6.07, 6.45) is 2.69. The van der Waals surface area contributed by atoms with Gasteiger partial charge in [-0.2, -0.15) is 0 Å². The molecule has 1 aromatic heterocycles. The van der Waals surface area contributed by atoms with E-state index in [0.717, 1.165) is 24.9 Å². The van der Waals surface area contributed by atoms with Crippen LogP contribution in [-0.2, 0) is 6.54 Å². The smallest absolute Gasteiger partial charge is 0.0328 e. The highest BCUT2D eigenvalue weighted by Gasteiger charge is 2.19. The van der Waals surface area contributed by atoms with E-state index in [0.29, 0.717) is 0 Å². The lowest BCUT2D eigenvalue weighted by Crippen LogP contribution is -2.37. The fraction of sp³-hybridized carbons (Fsp3) is 0.733. The number of thiophene rings is 1. The number of piperidine rings is 1. The van der Waals surface area contributed by atoms with E-state index >= 15 is 0 Å². The van der Waals surface area contributed by atoms with Crippen molar-refractivity contribution in [1.82, 2.24) is 10.2 Å². The summed E-state index contributed by atoms with van der Waals surface area (Å²) in [5.41, 5.74) is 0. The van der Waals surface area contributed by atoms with Crippen LogP contribution < -0.4 is 5.32 Å². The summed E-state index contributed by atoms with van der Waals surface area (Å²) in [5.74, 6) is 1.64. The topological polar surface area (TPSA) is 15.3 Å². The molecule has 1 aromatic rings. The molecule has 0 unspecified atom stereocenters. The molecule has 2 heterocycles. The third-order valence-electron chi connectivity index (χ3n) is 3.69. The molecule has 4 heteroatoms. The standard InChI is InChI=1S/C15H25BrN2S/c1-12(2)8-17-9-13-3-5-18(6-4-13)10-15-7-14(16)11-19-15/h7,11-13,17H,3-6,8-10H2,1-2H3. The monoisotopic (exact) mass is 344 g/mol. The molecular weight excluding hydrogens is 320 g/mol. The first kappa shape index (κ1) is 15.5. The maximum absolute atomic E-state index is 3.60. The molecule has 1 fully saturated rings. The van der Waals surface area contributed by atoms with Gasteiger partial charge in [0.15, 0.2) is 0 Å². The summed E-state index contributed by atoms with van der Waals surface area (Å²) < 4.78 is 1.22. The van der Waals surface area contributed by atoms with Gasteiger partial charge in [-0.3, -0.25) is 4.90 Å². The van der Waals surface area contributed by atoms with Crippen molar-refractivity contribution in [2.24, 2.45) is 11.8 Å². The summed E-state index contributed by atoms with van der Waals surface area (Å²) in [6.45, 7) is 10.5. The fourth-order valence-electron chi connectivity index (χ4n) is 2.58. The molecule has 0 aliphatic carbocycles. The van der Waals surface area contributed by atoms with Crippen LogP contribution in [0.25, 0.3) is 0 Å². The van der Waals surface area contributed by atoms with E-state index in [1.807, 2.05) is 11.3 Å². The minimum absolute atomic E-state index is 0.761. The van der Waals surface area contributed by atoms with E-state index < -0.39 is 0 Å². The van der Waals surface area contributed by atoms with Crippen molar-refractivity contribution in [3.8, 4) is 0 Å². The van der Waals surface area contributed by atoms with Gasteiger partial charge in [0.1, 0.15) is 0 Å². The molecule has 108 valence electrons. The lowest BCUT2D eigenvalue weighted by atomic mass is 9.96. The Kier molecular flexibility index (Phi) is 6.33. The second kappa shape index (κ2) is 7.77. The quantitative estimate of drug-likeness (QED) is 0.839. The summed E-state index contributed by atoms with van der Waals surface area (Å²) >= 11 is 5.39. The van der Waals surface area contributed by atoms with Crippen LogP contribution in [0.2, 0.25) is 0 Å². The van der Waals surface area contributed by atoms with Crippen LogP contribution >= 0.6 is 27.3 Å². The normalized spacial score (nSPS) is 18.3. The zero-order chi connectivity index (χ0) is 13.7. The van der Waals surface area contributed by atoms with Crippen LogP contribution in [0.5, 0.6) is 0 Å². The third-order valence-corrected chi connectivity index (χ3v) is 5.38. The van der Waals surface area contributed by atoms with Gasteiger partial charge in [-0.1, -0.05) is 13.8 Å². The average molecular weight is 345 g/mol. The molecule has 2 rings (SSSR count). The highest BCUT2D eigenvalue weighted by Crippen LogP contribution is 2.24. The van der Waals surface area contributed by atoms with Crippen LogP contribution in [0.1, 0.15) is 31.6 Å². The Balaban J connectivity index is 1.65. The van der Waals surface area contributed by atoms with Crippen molar-refractivity contribution >= 4 is 27.3 Å². The zero-order valence-electron chi connectivity index (χ0n) is 12.0. The van der Waals surface area contributed by atoms with Crippen LogP contribution in [0.15, 0.2) is 15.9 Å². The van der Waals surface area contributed by atoms with Crippen molar-refractivity contribution in [2.75, 3.05) is 26.2 Å². The molecule has 0 aromatic carbocycles. The highest BCUT2D eigenvalue weighted by molar-refractivity contribution is 9.10. The Morgan fingerprint density at radius 1 is 1.42 bits per heavy atom. The van der Waals surface area contributed by atoms with Gasteiger partial charge >= 0.3 is 0 Å². The molecule has 0 bridgehead atoms. The SMILES string of the molecule is CC(C)CNCC1CCN(Cc2cc(Br)cs2)CC1. The number of nitrogens with one attached hydrogen (secondary N) is 1. The van der Waals surface area contributed by atoms with Gasteiger partial charge in [-0.05, 0) is 72.9 Å². The van der Waals surface area contributed by atoms with E-state index in [4.69, 9.17) is 0 Å². The van der Waals surface area contributed by atoms with E-state index in [2.05, 4.69) is 51.4 Å². The van der Waals surface area contributed by atoms with Gasteiger partial charge in [0.05, 0.1) is 0 Å². The van der Waals surface area contributed by atoms with Crippen molar-refractivity contribution in [3.63, 3.8) is 0 Å². The second-order valence-corrected chi connectivity index (χ2v) is 7.91. The number of halogens is 1. The average Bonchev–Trinajstić information content (AvgIpc) is 2.77. The van der Waals surface area contributed by atoms with E-state index in [1.165, 1.54) is 41.8 Å². The Hall–Kier alpha value is 0.1000. The Morgan fingerprint density at radius 3 is 2.74 bits per heavy atom. The van der Waals surface area contributed by atoms with Gasteiger partial charge < -0.3 is 5.32 Å². The van der Waals surface area contributed by atoms with Crippen LogP contribution in [0, 0.1) is 11.8 Å². The lowest BCUT2D eigenvalue weighted by Gasteiger charge is -2.31. The molecule has 0 amide bonds. The molecule has 1 N–H and O–H groups in total. The lowest BCUT2D eigenvalue weighted by molar-refractivity contribution is 0.176. The van der Waals surface area contributed by atoms with Crippen molar-refractivity contribution in [3.05, 3.63) is 20.8 Å². The predicted octanol–water partition coefficient (Wildman–Crippen LogP) is 3.97. The molecular formula is C15H25BrN2S. The number of nitrogens with zero attached hydrogens (tertiary/aromatic N) is 1. The van der Waals surface area contributed by atoms with Gasteiger partial charge in [0.2, 0.25) is 0 Å². The molecule has 0 spiro atoms. The van der Waals surface area contributed by atoms with Crippen LogP contribution in [-0.4, -0.2) is 31.1 Å². The first-order valence-electron chi connectivity index (χ1n) is 7.29. The molecule has 1 aliphatic rings. The molecule has 2 nitrogen and oxygen atoms in total. The van der Waals surface area contributed by atoms with Crippen LogP contribution in [0.4, 0.5) is 0 Å². The summed E-state index contributed by atoms with van der Waals surface area (Å²) in [4.78, 5) is 4.07. The minimum Gasteiger partial charge on any atom is -0.316 e. The van der Waals surface area contributed by atoms with E-state index in [1.54, 1.807) is 0 Å². The molecule has 19 heavy (non-hydrogen) atoms. The van der Waals surface area contributed by atoms with E-state index in [9.17, 15) is 0 Å². The van der Waals surface area contributed by atoms with E-state index in [-0.39, 0.29) is 0 Å². The Morgan fingerprint density at radius 2 is 2.16 bits per heavy atom. The van der Waals surface area contributed by atoms with Crippen molar-refractivity contribution < 1.29 is 0 Å². The molecule has 0 radical (unpaired) electrons. The second-order valence-electron chi connectivity index (χ2n) is 6.00. The number of hydrogen-bond acceptors (Lipinski definition) is 3. The summed E-state index contributed by atoms with van der Waals surface area (Å²) in [5, 5.41) is 5.78. The van der Waals surface area contributed by atoms with Gasteiger partial charge in [-0.25, -0.2) is 0 Å². The van der Waals surface area contributed by atoms with Crippen molar-refractivity contribution in [1.29, 1.82) is 0 Å². The first-order valence-corrected chi connectivity index (χ1v) is 8.96. The molecule has 0 atom stereocenters. The van der Waals surface area contributed by atoms with Crippen LogP contribution in [0.3, 0.4) is 0 Å². The largest absolute Gasteiger partial charge is 0.316 e. The summed E-state index contributed by atoms with van der Waals surface area (Å²) in [7, 11) is 0.